The average Bonchev–Trinajstić information content (AvgIpc) is 2.80. The average molecular weight is 211 g/mol. The highest BCUT2D eigenvalue weighted by molar-refractivity contribution is 5.08. The summed E-state index contributed by atoms with van der Waals surface area (Å²) < 4.78 is 4.94. The van der Waals surface area contributed by atoms with E-state index in [-0.39, 0.29) is 12.2 Å². The van der Waals surface area contributed by atoms with Gasteiger partial charge in [-0.05, 0) is 24.8 Å². The number of H-pyrrole nitrogens is 1. The summed E-state index contributed by atoms with van der Waals surface area (Å²) in [5.74, 6) is 0. The van der Waals surface area contributed by atoms with E-state index in [0.717, 1.165) is 18.8 Å². The van der Waals surface area contributed by atoms with Crippen molar-refractivity contribution in [2.75, 3.05) is 19.8 Å². The molecule has 2 heterocycles. The molecule has 0 saturated carbocycles. The number of nitrogens with one attached hydrogen (secondary N) is 1. The van der Waals surface area contributed by atoms with Gasteiger partial charge in [-0.15, -0.1) is 0 Å². The van der Waals surface area contributed by atoms with E-state index in [0.29, 0.717) is 6.42 Å². The monoisotopic (exact) mass is 211 g/mol. The van der Waals surface area contributed by atoms with Crippen molar-refractivity contribution >= 4 is 0 Å². The SMILES string of the molecule is C1CCOC1.O=c1ccc(CCO)c[nH]1. The molecule has 0 bridgehead atoms. The molecular formula is C11H17NO3. The van der Waals surface area contributed by atoms with Crippen LogP contribution in [0.4, 0.5) is 0 Å². The number of aromatic amines is 1. The molecule has 15 heavy (non-hydrogen) atoms. The molecule has 0 spiro atoms. The molecule has 0 aliphatic carbocycles. The number of pyridine rings is 1. The molecule has 2 rings (SSSR count). The predicted octanol–water partition coefficient (Wildman–Crippen LogP) is 0.707. The van der Waals surface area contributed by atoms with Gasteiger partial charge in [-0.3, -0.25) is 4.79 Å². The third-order valence-corrected chi connectivity index (χ3v) is 2.08. The second-order valence-electron chi connectivity index (χ2n) is 3.35. The van der Waals surface area contributed by atoms with Gasteiger partial charge in [0.15, 0.2) is 0 Å². The molecule has 2 N–H and O–H groups in total. The Morgan fingerprint density at radius 2 is 2.07 bits per heavy atom. The topological polar surface area (TPSA) is 62.3 Å². The minimum atomic E-state index is -0.110. The smallest absolute Gasteiger partial charge is 0.247 e. The van der Waals surface area contributed by atoms with Gasteiger partial charge in [-0.1, -0.05) is 6.07 Å². The second kappa shape index (κ2) is 7.20. The Bertz CT molecular complexity index is 290. The lowest BCUT2D eigenvalue weighted by Gasteiger charge is -1.93. The summed E-state index contributed by atoms with van der Waals surface area (Å²) in [6, 6.07) is 3.15. The van der Waals surface area contributed by atoms with E-state index in [1.54, 1.807) is 12.3 Å². The molecule has 1 aliphatic heterocycles. The molecule has 1 fully saturated rings. The van der Waals surface area contributed by atoms with Crippen LogP contribution in [0.1, 0.15) is 18.4 Å². The highest BCUT2D eigenvalue weighted by Crippen LogP contribution is 1.98. The van der Waals surface area contributed by atoms with Crippen LogP contribution >= 0.6 is 0 Å². The molecule has 4 nitrogen and oxygen atoms in total. The van der Waals surface area contributed by atoms with Gasteiger partial charge in [0.05, 0.1) is 0 Å². The Morgan fingerprint density at radius 1 is 1.33 bits per heavy atom. The lowest BCUT2D eigenvalue weighted by molar-refractivity contribution is 0.198. The summed E-state index contributed by atoms with van der Waals surface area (Å²) in [7, 11) is 0. The van der Waals surface area contributed by atoms with Crippen molar-refractivity contribution in [2.24, 2.45) is 0 Å². The Kier molecular flexibility index (Phi) is 5.73. The fraction of sp³-hybridized carbons (Fsp3) is 0.545. The Labute approximate surface area is 88.9 Å². The largest absolute Gasteiger partial charge is 0.396 e. The molecule has 0 atom stereocenters. The van der Waals surface area contributed by atoms with Crippen molar-refractivity contribution in [3.63, 3.8) is 0 Å². The Hall–Kier alpha value is -1.13. The van der Waals surface area contributed by atoms with E-state index in [2.05, 4.69) is 4.98 Å². The number of hydrogen-bond acceptors (Lipinski definition) is 3. The predicted molar refractivity (Wildman–Crippen MR) is 57.9 cm³/mol. The molecule has 4 heteroatoms. The van der Waals surface area contributed by atoms with Crippen molar-refractivity contribution in [1.82, 2.24) is 4.98 Å². The first-order valence-electron chi connectivity index (χ1n) is 5.19. The minimum absolute atomic E-state index is 0.110. The molecule has 1 aliphatic rings. The van der Waals surface area contributed by atoms with E-state index in [4.69, 9.17) is 9.84 Å². The quantitative estimate of drug-likeness (QED) is 0.757. The van der Waals surface area contributed by atoms with Gasteiger partial charge >= 0.3 is 0 Å². The molecule has 0 aromatic carbocycles. The van der Waals surface area contributed by atoms with Gasteiger partial charge in [-0.2, -0.15) is 0 Å². The molecule has 1 aromatic rings. The van der Waals surface area contributed by atoms with Gasteiger partial charge in [0.25, 0.3) is 0 Å². The summed E-state index contributed by atoms with van der Waals surface area (Å²) in [6.07, 6.45) is 4.76. The third-order valence-electron chi connectivity index (χ3n) is 2.08. The van der Waals surface area contributed by atoms with Crippen LogP contribution in [0.5, 0.6) is 0 Å². The number of rotatable bonds is 2. The van der Waals surface area contributed by atoms with E-state index in [1.165, 1.54) is 18.9 Å². The van der Waals surface area contributed by atoms with Crippen molar-refractivity contribution in [1.29, 1.82) is 0 Å². The molecule has 84 valence electrons. The van der Waals surface area contributed by atoms with E-state index >= 15 is 0 Å². The third kappa shape index (κ3) is 5.34. The lowest BCUT2D eigenvalue weighted by Crippen LogP contribution is -2.03. The van der Waals surface area contributed by atoms with Crippen molar-refractivity contribution < 1.29 is 9.84 Å². The molecule has 1 saturated heterocycles. The molecular weight excluding hydrogens is 194 g/mol. The summed E-state index contributed by atoms with van der Waals surface area (Å²) in [4.78, 5) is 13.0. The zero-order valence-electron chi connectivity index (χ0n) is 8.74. The van der Waals surface area contributed by atoms with Crippen LogP contribution in [0.3, 0.4) is 0 Å². The first-order chi connectivity index (χ1) is 7.33. The summed E-state index contributed by atoms with van der Waals surface area (Å²) in [6.45, 7) is 2.12. The summed E-state index contributed by atoms with van der Waals surface area (Å²) in [5, 5.41) is 8.50. The van der Waals surface area contributed by atoms with Crippen LogP contribution in [0, 0.1) is 0 Å². The standard InChI is InChI=1S/C7H9NO2.C4H8O/c9-4-3-6-1-2-7(10)8-5-6;1-2-4-5-3-1/h1-2,5,9H,3-4H2,(H,8,10);1-4H2. The normalized spacial score (nSPS) is 14.5. The maximum absolute atomic E-state index is 10.5. The number of aliphatic hydroxyl groups excluding tert-OH is 1. The zero-order valence-corrected chi connectivity index (χ0v) is 8.74. The fourth-order valence-corrected chi connectivity index (χ4v) is 1.24. The molecule has 0 radical (unpaired) electrons. The first-order valence-corrected chi connectivity index (χ1v) is 5.19. The van der Waals surface area contributed by atoms with Gasteiger partial charge in [0.1, 0.15) is 0 Å². The van der Waals surface area contributed by atoms with Crippen molar-refractivity contribution in [2.45, 2.75) is 19.3 Å². The lowest BCUT2D eigenvalue weighted by atomic mass is 10.2. The Balaban J connectivity index is 0.000000187. The molecule has 0 amide bonds. The second-order valence-corrected chi connectivity index (χ2v) is 3.35. The highest BCUT2D eigenvalue weighted by atomic mass is 16.5. The van der Waals surface area contributed by atoms with E-state index in [9.17, 15) is 4.79 Å². The number of hydrogen-bond donors (Lipinski definition) is 2. The van der Waals surface area contributed by atoms with E-state index in [1.807, 2.05) is 0 Å². The van der Waals surface area contributed by atoms with Crippen molar-refractivity contribution in [3.8, 4) is 0 Å². The van der Waals surface area contributed by atoms with Gasteiger partial charge in [0, 0.05) is 32.1 Å². The number of ether oxygens (including phenoxy) is 1. The van der Waals surface area contributed by atoms with Crippen LogP contribution in [0.2, 0.25) is 0 Å². The van der Waals surface area contributed by atoms with E-state index < -0.39 is 0 Å². The van der Waals surface area contributed by atoms with Crippen LogP contribution in [-0.2, 0) is 11.2 Å². The molecule has 0 unspecified atom stereocenters. The van der Waals surface area contributed by atoms with Crippen LogP contribution in [-0.4, -0.2) is 29.9 Å². The van der Waals surface area contributed by atoms with Gasteiger partial charge < -0.3 is 14.8 Å². The minimum Gasteiger partial charge on any atom is -0.396 e. The van der Waals surface area contributed by atoms with Gasteiger partial charge in [0.2, 0.25) is 5.56 Å². The zero-order chi connectivity index (χ0) is 10.9. The maximum Gasteiger partial charge on any atom is 0.247 e. The Morgan fingerprint density at radius 3 is 2.47 bits per heavy atom. The molecule has 1 aromatic heterocycles. The van der Waals surface area contributed by atoms with Crippen LogP contribution in [0.15, 0.2) is 23.1 Å². The maximum atomic E-state index is 10.5. The van der Waals surface area contributed by atoms with Crippen LogP contribution < -0.4 is 5.56 Å². The highest BCUT2D eigenvalue weighted by Gasteiger charge is 1.94. The van der Waals surface area contributed by atoms with Crippen molar-refractivity contribution in [3.05, 3.63) is 34.2 Å². The van der Waals surface area contributed by atoms with Crippen LogP contribution in [0.25, 0.3) is 0 Å². The fourth-order valence-electron chi connectivity index (χ4n) is 1.24. The summed E-state index contributed by atoms with van der Waals surface area (Å²) in [5.41, 5.74) is 0.837. The summed E-state index contributed by atoms with van der Waals surface area (Å²) >= 11 is 0. The first kappa shape index (κ1) is 11.9. The van der Waals surface area contributed by atoms with Gasteiger partial charge in [-0.25, -0.2) is 0 Å². The number of aromatic nitrogens is 1. The number of aliphatic hydroxyl groups is 1.